The molecule has 1 N–H and O–H groups in total. The van der Waals surface area contributed by atoms with E-state index in [0.717, 1.165) is 36.5 Å². The second-order valence-corrected chi connectivity index (χ2v) is 6.70. The van der Waals surface area contributed by atoms with Crippen LogP contribution in [0.5, 0.6) is 0 Å². The van der Waals surface area contributed by atoms with Crippen LogP contribution in [-0.4, -0.2) is 35.1 Å². The number of anilines is 1. The van der Waals surface area contributed by atoms with Crippen LogP contribution in [0.25, 0.3) is 0 Å². The number of amides is 2. The average Bonchev–Trinajstić information content (AvgIpc) is 2.48. The van der Waals surface area contributed by atoms with E-state index >= 15 is 0 Å². The molecule has 1 atom stereocenters. The van der Waals surface area contributed by atoms with Crippen molar-refractivity contribution in [2.24, 2.45) is 0 Å². The topological polar surface area (TPSA) is 49.4 Å². The van der Waals surface area contributed by atoms with Gasteiger partial charge < -0.3 is 10.2 Å². The number of nitrogens with one attached hydrogen (secondary N) is 1. The first-order valence-electron chi connectivity index (χ1n) is 7.06. The second-order valence-electron chi connectivity index (χ2n) is 5.31. The zero-order valence-corrected chi connectivity index (χ0v) is 12.3. The van der Waals surface area contributed by atoms with Crippen molar-refractivity contribution >= 4 is 29.3 Å². The van der Waals surface area contributed by atoms with Crippen molar-refractivity contribution in [3.8, 4) is 0 Å². The molecule has 3 rings (SSSR count). The molecule has 5 heteroatoms. The van der Waals surface area contributed by atoms with Crippen molar-refractivity contribution < 1.29 is 9.59 Å². The average molecular weight is 290 g/mol. The molecule has 106 valence electrons. The van der Waals surface area contributed by atoms with Gasteiger partial charge in [-0.05, 0) is 44.4 Å². The zero-order chi connectivity index (χ0) is 14.1. The van der Waals surface area contributed by atoms with Crippen molar-refractivity contribution in [3.05, 3.63) is 23.8 Å². The molecule has 0 saturated carbocycles. The highest BCUT2D eigenvalue weighted by molar-refractivity contribution is 8.00. The maximum Gasteiger partial charge on any atom is 0.253 e. The van der Waals surface area contributed by atoms with E-state index in [0.29, 0.717) is 5.56 Å². The molecule has 2 amide bonds. The molecular weight excluding hydrogens is 272 g/mol. The molecule has 0 spiro atoms. The summed E-state index contributed by atoms with van der Waals surface area (Å²) in [5, 5.41) is 2.80. The highest BCUT2D eigenvalue weighted by Gasteiger charge is 2.25. The maximum absolute atomic E-state index is 12.4. The first kappa shape index (κ1) is 13.5. The molecule has 0 radical (unpaired) electrons. The lowest BCUT2D eigenvalue weighted by Crippen LogP contribution is -2.35. The second kappa shape index (κ2) is 5.48. The maximum atomic E-state index is 12.4. The monoisotopic (exact) mass is 290 g/mol. The van der Waals surface area contributed by atoms with Gasteiger partial charge in [-0.3, -0.25) is 9.59 Å². The Kier molecular flexibility index (Phi) is 3.70. The fourth-order valence-corrected chi connectivity index (χ4v) is 3.55. The number of rotatable bonds is 1. The Morgan fingerprint density at radius 1 is 1.30 bits per heavy atom. The molecule has 2 aliphatic heterocycles. The standard InChI is InChI=1S/C15H18N2O2S/c1-10-14(18)16-12-9-11(5-6-13(12)20-10)15(19)17-7-3-2-4-8-17/h5-6,9-10H,2-4,7-8H2,1H3,(H,16,18)/t10-/m0/s1. The van der Waals surface area contributed by atoms with E-state index < -0.39 is 0 Å². The Morgan fingerprint density at radius 3 is 2.80 bits per heavy atom. The number of fused-ring (bicyclic) bond motifs is 1. The van der Waals surface area contributed by atoms with Crippen LogP contribution in [-0.2, 0) is 4.79 Å². The Hall–Kier alpha value is -1.49. The van der Waals surface area contributed by atoms with Crippen LogP contribution < -0.4 is 5.32 Å². The molecule has 4 nitrogen and oxygen atoms in total. The van der Waals surface area contributed by atoms with Crippen LogP contribution in [0.4, 0.5) is 5.69 Å². The molecule has 1 fully saturated rings. The number of carbonyl (C=O) groups excluding carboxylic acids is 2. The molecule has 0 bridgehead atoms. The van der Waals surface area contributed by atoms with Crippen molar-refractivity contribution in [1.29, 1.82) is 0 Å². The third-order valence-corrected chi connectivity index (χ3v) is 4.98. The number of piperidine rings is 1. The number of benzene rings is 1. The summed E-state index contributed by atoms with van der Waals surface area (Å²) in [5.41, 5.74) is 1.43. The summed E-state index contributed by atoms with van der Waals surface area (Å²) in [6.07, 6.45) is 3.38. The summed E-state index contributed by atoms with van der Waals surface area (Å²) in [6.45, 7) is 3.57. The van der Waals surface area contributed by atoms with Gasteiger partial charge in [-0.1, -0.05) is 0 Å². The lowest BCUT2D eigenvalue weighted by atomic mass is 10.1. The first-order valence-corrected chi connectivity index (χ1v) is 7.94. The van der Waals surface area contributed by atoms with Gasteiger partial charge in [-0.2, -0.15) is 0 Å². The Balaban J connectivity index is 1.83. The van der Waals surface area contributed by atoms with Gasteiger partial charge in [0.25, 0.3) is 5.91 Å². The number of hydrogen-bond acceptors (Lipinski definition) is 3. The van der Waals surface area contributed by atoms with Gasteiger partial charge in [0, 0.05) is 23.5 Å². The minimum atomic E-state index is -0.0776. The molecule has 2 aliphatic rings. The molecule has 1 saturated heterocycles. The smallest absolute Gasteiger partial charge is 0.253 e. The van der Waals surface area contributed by atoms with Crippen LogP contribution >= 0.6 is 11.8 Å². The van der Waals surface area contributed by atoms with Crippen LogP contribution in [0.3, 0.4) is 0 Å². The number of hydrogen-bond donors (Lipinski definition) is 1. The quantitative estimate of drug-likeness (QED) is 0.865. The van der Waals surface area contributed by atoms with Crippen LogP contribution in [0.15, 0.2) is 23.1 Å². The highest BCUT2D eigenvalue weighted by atomic mass is 32.2. The van der Waals surface area contributed by atoms with Gasteiger partial charge in [-0.15, -0.1) is 11.8 Å². The summed E-state index contributed by atoms with van der Waals surface area (Å²) in [7, 11) is 0. The number of thioether (sulfide) groups is 1. The SMILES string of the molecule is C[C@@H]1Sc2ccc(C(=O)N3CCCCC3)cc2NC1=O. The first-order chi connectivity index (χ1) is 9.65. The molecule has 0 unspecified atom stereocenters. The van der Waals surface area contributed by atoms with Crippen LogP contribution in [0.2, 0.25) is 0 Å². The van der Waals surface area contributed by atoms with E-state index in [9.17, 15) is 9.59 Å². The van der Waals surface area contributed by atoms with Gasteiger partial charge in [0.1, 0.15) is 0 Å². The lowest BCUT2D eigenvalue weighted by molar-refractivity contribution is -0.115. The summed E-state index contributed by atoms with van der Waals surface area (Å²) in [6, 6.07) is 5.61. The van der Waals surface area contributed by atoms with Crippen molar-refractivity contribution in [2.45, 2.75) is 36.3 Å². The molecule has 2 heterocycles. The predicted octanol–water partition coefficient (Wildman–Crippen LogP) is 2.75. The Labute approximate surface area is 122 Å². The molecule has 20 heavy (non-hydrogen) atoms. The van der Waals surface area contributed by atoms with Gasteiger partial charge in [0.15, 0.2) is 0 Å². The fourth-order valence-electron chi connectivity index (χ4n) is 2.62. The Morgan fingerprint density at radius 2 is 2.05 bits per heavy atom. The van der Waals surface area contributed by atoms with E-state index in [2.05, 4.69) is 5.32 Å². The number of likely N-dealkylation sites (tertiary alicyclic amines) is 1. The van der Waals surface area contributed by atoms with E-state index in [1.54, 1.807) is 0 Å². The van der Waals surface area contributed by atoms with Crippen LogP contribution in [0.1, 0.15) is 36.5 Å². The van der Waals surface area contributed by atoms with Crippen molar-refractivity contribution in [1.82, 2.24) is 4.90 Å². The number of nitrogens with zero attached hydrogens (tertiary/aromatic N) is 1. The minimum Gasteiger partial charge on any atom is -0.339 e. The van der Waals surface area contributed by atoms with Gasteiger partial charge in [-0.25, -0.2) is 0 Å². The van der Waals surface area contributed by atoms with Gasteiger partial charge >= 0.3 is 0 Å². The molecule has 1 aromatic rings. The normalized spacial score (nSPS) is 22.1. The number of carbonyl (C=O) groups is 2. The summed E-state index contributed by atoms with van der Waals surface area (Å²) < 4.78 is 0. The summed E-state index contributed by atoms with van der Waals surface area (Å²) >= 11 is 1.54. The zero-order valence-electron chi connectivity index (χ0n) is 11.5. The fraction of sp³-hybridized carbons (Fsp3) is 0.467. The summed E-state index contributed by atoms with van der Waals surface area (Å²) in [5.74, 6) is 0.0791. The summed E-state index contributed by atoms with van der Waals surface area (Å²) in [4.78, 5) is 27.1. The van der Waals surface area contributed by atoms with Crippen molar-refractivity contribution in [3.63, 3.8) is 0 Å². The Bertz CT molecular complexity index is 553. The third-order valence-electron chi connectivity index (χ3n) is 3.80. The third kappa shape index (κ3) is 2.54. The minimum absolute atomic E-state index is 0.00470. The highest BCUT2D eigenvalue weighted by Crippen LogP contribution is 2.36. The predicted molar refractivity (Wildman–Crippen MR) is 80.1 cm³/mol. The lowest BCUT2D eigenvalue weighted by Gasteiger charge is -2.27. The van der Waals surface area contributed by atoms with Crippen molar-refractivity contribution in [2.75, 3.05) is 18.4 Å². The van der Waals surface area contributed by atoms with Gasteiger partial charge in [0.2, 0.25) is 5.91 Å². The van der Waals surface area contributed by atoms with E-state index in [4.69, 9.17) is 0 Å². The van der Waals surface area contributed by atoms with E-state index in [-0.39, 0.29) is 17.1 Å². The molecular formula is C15H18N2O2S. The molecule has 0 aromatic heterocycles. The van der Waals surface area contributed by atoms with Gasteiger partial charge in [0.05, 0.1) is 10.9 Å². The van der Waals surface area contributed by atoms with E-state index in [1.165, 1.54) is 18.2 Å². The van der Waals surface area contributed by atoms with Crippen LogP contribution in [0, 0.1) is 0 Å². The van der Waals surface area contributed by atoms with E-state index in [1.807, 2.05) is 30.0 Å². The molecule has 0 aliphatic carbocycles. The molecule has 1 aromatic carbocycles. The largest absolute Gasteiger partial charge is 0.339 e.